The molecule has 1 saturated heterocycles. The molecule has 0 bridgehead atoms. The van der Waals surface area contributed by atoms with Crippen LogP contribution in [0, 0.1) is 0 Å². The van der Waals surface area contributed by atoms with E-state index in [1.54, 1.807) is 30.3 Å². The third-order valence-corrected chi connectivity index (χ3v) is 5.45. The summed E-state index contributed by atoms with van der Waals surface area (Å²) in [6, 6.07) is 15.7. The first-order valence-electron chi connectivity index (χ1n) is 10.8. The molecule has 188 valence electrons. The largest absolute Gasteiger partial charge is 0.508 e. The van der Waals surface area contributed by atoms with Crippen LogP contribution in [0.15, 0.2) is 72.3 Å². The number of hydrogen-bond acceptors (Lipinski definition) is 7. The molecule has 4 rings (SSSR count). The Balaban J connectivity index is 1.50. The van der Waals surface area contributed by atoms with Crippen LogP contribution in [0.1, 0.15) is 5.56 Å². The quantitative estimate of drug-likeness (QED) is 0.318. The molecule has 0 unspecified atom stereocenters. The topological polar surface area (TPSA) is 134 Å². The summed E-state index contributed by atoms with van der Waals surface area (Å²) in [5, 5.41) is 14.8. The van der Waals surface area contributed by atoms with Crippen LogP contribution < -0.4 is 25.0 Å². The molecule has 0 spiro atoms. The summed E-state index contributed by atoms with van der Waals surface area (Å²) in [6.45, 7) is -0.302. The van der Waals surface area contributed by atoms with Crippen molar-refractivity contribution in [3.63, 3.8) is 0 Å². The number of amides is 5. The van der Waals surface area contributed by atoms with Gasteiger partial charge in [-0.25, -0.2) is 9.69 Å². The summed E-state index contributed by atoms with van der Waals surface area (Å²) >= 11 is 5.84. The zero-order valence-electron chi connectivity index (χ0n) is 19.4. The fraction of sp³-hybridized carbons (Fsp3) is 0.0769. The number of methoxy groups -OCH3 is 1. The Morgan fingerprint density at radius 3 is 2.41 bits per heavy atom. The molecule has 1 heterocycles. The lowest BCUT2D eigenvalue weighted by Crippen LogP contribution is -2.54. The first kappa shape index (κ1) is 25.3. The number of urea groups is 1. The van der Waals surface area contributed by atoms with Gasteiger partial charge in [0.1, 0.15) is 11.3 Å². The van der Waals surface area contributed by atoms with Crippen molar-refractivity contribution in [3.8, 4) is 17.2 Å². The van der Waals surface area contributed by atoms with Crippen LogP contribution in [-0.2, 0) is 14.4 Å². The number of phenolic OH excluding ortho intramolecular Hbond substituents is 1. The van der Waals surface area contributed by atoms with Crippen LogP contribution in [-0.4, -0.2) is 42.6 Å². The number of rotatable bonds is 7. The summed E-state index contributed by atoms with van der Waals surface area (Å²) in [7, 11) is 1.40. The average molecular weight is 522 g/mol. The van der Waals surface area contributed by atoms with Gasteiger partial charge in [0.05, 0.1) is 12.8 Å². The summed E-state index contributed by atoms with van der Waals surface area (Å²) < 4.78 is 10.9. The number of hydrogen-bond donors (Lipinski definition) is 3. The van der Waals surface area contributed by atoms with Crippen LogP contribution in [0.2, 0.25) is 5.02 Å². The number of halogens is 1. The zero-order valence-corrected chi connectivity index (χ0v) is 20.1. The summed E-state index contributed by atoms with van der Waals surface area (Å²) in [5.41, 5.74) is 0.859. The minimum absolute atomic E-state index is 0.0441. The molecule has 0 aromatic heterocycles. The second-order valence-electron chi connectivity index (χ2n) is 7.73. The number of phenols is 1. The van der Waals surface area contributed by atoms with Crippen molar-refractivity contribution < 1.29 is 33.8 Å². The van der Waals surface area contributed by atoms with E-state index in [9.17, 15) is 24.3 Å². The molecule has 1 aliphatic heterocycles. The Morgan fingerprint density at radius 2 is 1.73 bits per heavy atom. The molecule has 3 aromatic rings. The number of barbiturate groups is 1. The van der Waals surface area contributed by atoms with E-state index in [2.05, 4.69) is 10.6 Å². The number of ether oxygens (including phenoxy) is 2. The van der Waals surface area contributed by atoms with E-state index in [1.165, 1.54) is 49.6 Å². The molecule has 10 nitrogen and oxygen atoms in total. The van der Waals surface area contributed by atoms with Crippen LogP contribution in [0.25, 0.3) is 6.08 Å². The highest BCUT2D eigenvalue weighted by molar-refractivity contribution is 6.39. The van der Waals surface area contributed by atoms with Gasteiger partial charge >= 0.3 is 6.03 Å². The third kappa shape index (κ3) is 5.88. The highest BCUT2D eigenvalue weighted by atomic mass is 35.5. The highest BCUT2D eigenvalue weighted by Crippen LogP contribution is 2.30. The van der Waals surface area contributed by atoms with Crippen molar-refractivity contribution in [2.75, 3.05) is 23.9 Å². The van der Waals surface area contributed by atoms with E-state index in [0.29, 0.717) is 16.3 Å². The summed E-state index contributed by atoms with van der Waals surface area (Å²) in [6.07, 6.45) is 1.30. The van der Waals surface area contributed by atoms with Crippen molar-refractivity contribution in [1.82, 2.24) is 5.32 Å². The number of nitrogens with one attached hydrogen (secondary N) is 2. The Hall–Kier alpha value is -4.83. The van der Waals surface area contributed by atoms with E-state index < -0.39 is 23.8 Å². The monoisotopic (exact) mass is 521 g/mol. The molecule has 3 N–H and O–H groups in total. The van der Waals surface area contributed by atoms with E-state index in [-0.39, 0.29) is 35.1 Å². The highest BCUT2D eigenvalue weighted by Gasteiger charge is 2.36. The van der Waals surface area contributed by atoms with E-state index in [4.69, 9.17) is 21.1 Å². The SMILES string of the molecule is COc1cc(/C=C2\C(=O)NC(=O)N(c3ccc(O)cc3)C2=O)ccc1OCC(=O)Nc1ccc(Cl)cc1. The predicted molar refractivity (Wildman–Crippen MR) is 136 cm³/mol. The molecule has 1 aliphatic rings. The first-order chi connectivity index (χ1) is 17.7. The van der Waals surface area contributed by atoms with Crippen molar-refractivity contribution in [2.24, 2.45) is 0 Å². The second-order valence-corrected chi connectivity index (χ2v) is 8.16. The maximum atomic E-state index is 13.0. The average Bonchev–Trinajstić information content (AvgIpc) is 2.88. The minimum Gasteiger partial charge on any atom is -0.508 e. The molecule has 0 radical (unpaired) electrons. The molecule has 0 atom stereocenters. The van der Waals surface area contributed by atoms with Gasteiger partial charge in [-0.1, -0.05) is 17.7 Å². The van der Waals surface area contributed by atoms with Gasteiger partial charge < -0.3 is 19.9 Å². The van der Waals surface area contributed by atoms with Gasteiger partial charge in [0.25, 0.3) is 17.7 Å². The van der Waals surface area contributed by atoms with Gasteiger partial charge in [-0.2, -0.15) is 0 Å². The van der Waals surface area contributed by atoms with E-state index in [0.717, 1.165) is 4.90 Å². The van der Waals surface area contributed by atoms with Gasteiger partial charge in [-0.15, -0.1) is 0 Å². The van der Waals surface area contributed by atoms with Gasteiger partial charge in [0.15, 0.2) is 18.1 Å². The van der Waals surface area contributed by atoms with Gasteiger partial charge in [-0.3, -0.25) is 19.7 Å². The molecule has 5 amide bonds. The Labute approximate surface area is 216 Å². The number of benzene rings is 3. The molecular formula is C26H20ClN3O7. The zero-order chi connectivity index (χ0) is 26.5. The Kier molecular flexibility index (Phi) is 7.40. The number of aromatic hydroxyl groups is 1. The number of carbonyl (C=O) groups excluding carboxylic acids is 4. The second kappa shape index (κ2) is 10.8. The van der Waals surface area contributed by atoms with Gasteiger partial charge in [-0.05, 0) is 72.3 Å². The number of anilines is 2. The maximum absolute atomic E-state index is 13.0. The van der Waals surface area contributed by atoms with Crippen LogP contribution in [0.3, 0.4) is 0 Å². The molecule has 11 heteroatoms. The van der Waals surface area contributed by atoms with Crippen LogP contribution in [0.4, 0.5) is 16.2 Å². The Bertz CT molecular complexity index is 1400. The third-order valence-electron chi connectivity index (χ3n) is 5.20. The van der Waals surface area contributed by atoms with Crippen molar-refractivity contribution in [2.45, 2.75) is 0 Å². The lowest BCUT2D eigenvalue weighted by Gasteiger charge is -2.26. The lowest BCUT2D eigenvalue weighted by atomic mass is 10.1. The predicted octanol–water partition coefficient (Wildman–Crippen LogP) is 3.74. The van der Waals surface area contributed by atoms with Gasteiger partial charge in [0.2, 0.25) is 0 Å². The molecule has 1 fully saturated rings. The van der Waals surface area contributed by atoms with E-state index >= 15 is 0 Å². The first-order valence-corrected chi connectivity index (χ1v) is 11.2. The summed E-state index contributed by atoms with van der Waals surface area (Å²) in [4.78, 5) is 50.8. The lowest BCUT2D eigenvalue weighted by molar-refractivity contribution is -0.122. The van der Waals surface area contributed by atoms with Crippen molar-refractivity contribution >= 4 is 52.8 Å². The number of imide groups is 2. The normalized spacial score (nSPS) is 14.4. The van der Waals surface area contributed by atoms with Crippen molar-refractivity contribution in [3.05, 3.63) is 82.9 Å². The Morgan fingerprint density at radius 1 is 1.03 bits per heavy atom. The van der Waals surface area contributed by atoms with E-state index in [1.807, 2.05) is 0 Å². The molecular weight excluding hydrogens is 502 g/mol. The molecule has 3 aromatic carbocycles. The maximum Gasteiger partial charge on any atom is 0.335 e. The standard InChI is InChI=1S/C26H20ClN3O7/c1-36-22-13-15(2-11-21(22)37-14-23(32)28-17-5-3-16(27)4-6-17)12-20-24(33)29-26(35)30(25(20)34)18-7-9-19(31)10-8-18/h2-13,31H,14H2,1H3,(H,28,32)(H,29,33,35)/b20-12+. The fourth-order valence-corrected chi connectivity index (χ4v) is 3.55. The molecule has 0 aliphatic carbocycles. The van der Waals surface area contributed by atoms with Crippen molar-refractivity contribution in [1.29, 1.82) is 0 Å². The molecule has 37 heavy (non-hydrogen) atoms. The smallest absolute Gasteiger partial charge is 0.335 e. The van der Waals surface area contributed by atoms with Crippen LogP contribution >= 0.6 is 11.6 Å². The minimum atomic E-state index is -0.906. The number of nitrogens with zero attached hydrogens (tertiary/aromatic N) is 1. The molecule has 0 saturated carbocycles. The fourth-order valence-electron chi connectivity index (χ4n) is 3.43. The number of carbonyl (C=O) groups is 4. The van der Waals surface area contributed by atoms with Gasteiger partial charge in [0, 0.05) is 10.7 Å². The summed E-state index contributed by atoms with van der Waals surface area (Å²) in [5.74, 6) is -1.63. The van der Waals surface area contributed by atoms with Crippen LogP contribution in [0.5, 0.6) is 17.2 Å².